The Kier molecular flexibility index (Phi) is 3.57. The van der Waals surface area contributed by atoms with Crippen molar-refractivity contribution in [2.45, 2.75) is 32.8 Å². The molecule has 0 aliphatic heterocycles. The number of aliphatic hydroxyl groups excluding tert-OH is 1. The highest BCUT2D eigenvalue weighted by Gasteiger charge is 2.29. The number of nitrogen functional groups attached to an aromatic ring is 1. The molecule has 1 aliphatic carbocycles. The van der Waals surface area contributed by atoms with Crippen LogP contribution in [0.15, 0.2) is 12.1 Å². The fourth-order valence-corrected chi connectivity index (χ4v) is 2.05. The maximum absolute atomic E-state index is 12.0. The van der Waals surface area contributed by atoms with Gasteiger partial charge in [0.1, 0.15) is 0 Å². The summed E-state index contributed by atoms with van der Waals surface area (Å²) >= 11 is 0. The molecule has 2 rings (SSSR count). The monoisotopic (exact) mass is 248 g/mol. The van der Waals surface area contributed by atoms with Crippen LogP contribution in [-0.2, 0) is 0 Å². The molecule has 0 heterocycles. The first-order chi connectivity index (χ1) is 8.49. The first-order valence-electron chi connectivity index (χ1n) is 6.32. The van der Waals surface area contributed by atoms with E-state index in [-0.39, 0.29) is 5.91 Å². The highest BCUT2D eigenvalue weighted by molar-refractivity contribution is 5.96. The molecule has 1 fully saturated rings. The second-order valence-corrected chi connectivity index (χ2v) is 5.14. The Hall–Kier alpha value is -1.55. The third-order valence-corrected chi connectivity index (χ3v) is 3.50. The molecule has 1 saturated carbocycles. The van der Waals surface area contributed by atoms with Gasteiger partial charge in [0.25, 0.3) is 5.91 Å². The van der Waals surface area contributed by atoms with Crippen molar-refractivity contribution in [1.82, 2.24) is 5.32 Å². The lowest BCUT2D eigenvalue weighted by molar-refractivity contribution is 0.0900. The summed E-state index contributed by atoms with van der Waals surface area (Å²) < 4.78 is 0. The Morgan fingerprint density at radius 3 is 2.72 bits per heavy atom. The third-order valence-electron chi connectivity index (χ3n) is 3.50. The zero-order valence-electron chi connectivity index (χ0n) is 10.9. The summed E-state index contributed by atoms with van der Waals surface area (Å²) in [6, 6.07) is 3.60. The zero-order valence-corrected chi connectivity index (χ0v) is 10.9. The Morgan fingerprint density at radius 1 is 1.44 bits per heavy atom. The van der Waals surface area contributed by atoms with Crippen molar-refractivity contribution in [3.63, 3.8) is 0 Å². The van der Waals surface area contributed by atoms with Crippen LogP contribution in [0.4, 0.5) is 5.69 Å². The van der Waals surface area contributed by atoms with Crippen LogP contribution in [0.25, 0.3) is 0 Å². The van der Waals surface area contributed by atoms with E-state index in [2.05, 4.69) is 5.32 Å². The molecule has 4 heteroatoms. The quantitative estimate of drug-likeness (QED) is 0.705. The van der Waals surface area contributed by atoms with Crippen LogP contribution in [0, 0.1) is 19.8 Å². The van der Waals surface area contributed by atoms with Crippen molar-refractivity contribution in [1.29, 1.82) is 0 Å². The first kappa shape index (κ1) is 12.9. The number of aryl methyl sites for hydroxylation is 2. The number of carbonyl (C=O) groups is 1. The molecular weight excluding hydrogens is 228 g/mol. The van der Waals surface area contributed by atoms with Crippen LogP contribution in [0.2, 0.25) is 0 Å². The van der Waals surface area contributed by atoms with Crippen LogP contribution in [-0.4, -0.2) is 23.7 Å². The van der Waals surface area contributed by atoms with E-state index in [1.165, 1.54) is 0 Å². The third kappa shape index (κ3) is 2.82. The van der Waals surface area contributed by atoms with Crippen LogP contribution in [0.3, 0.4) is 0 Å². The van der Waals surface area contributed by atoms with Crippen LogP contribution in [0.1, 0.15) is 34.3 Å². The van der Waals surface area contributed by atoms with Crippen molar-refractivity contribution in [2.75, 3.05) is 12.3 Å². The minimum atomic E-state index is -0.419. The molecule has 98 valence electrons. The number of nitrogens with one attached hydrogen (secondary N) is 1. The second kappa shape index (κ2) is 4.98. The van der Waals surface area contributed by atoms with Gasteiger partial charge in [0.05, 0.1) is 6.10 Å². The average Bonchev–Trinajstić information content (AvgIpc) is 3.14. The predicted octanol–water partition coefficient (Wildman–Crippen LogP) is 1.39. The normalized spacial score (nSPS) is 16.4. The van der Waals surface area contributed by atoms with E-state index >= 15 is 0 Å². The van der Waals surface area contributed by atoms with Crippen molar-refractivity contribution >= 4 is 11.6 Å². The maximum atomic E-state index is 12.0. The van der Waals surface area contributed by atoms with Crippen molar-refractivity contribution in [3.05, 3.63) is 28.8 Å². The van der Waals surface area contributed by atoms with Gasteiger partial charge >= 0.3 is 0 Å². The molecule has 0 spiro atoms. The summed E-state index contributed by atoms with van der Waals surface area (Å²) in [5, 5.41) is 12.5. The molecule has 4 nitrogen and oxygen atoms in total. The average molecular weight is 248 g/mol. The zero-order chi connectivity index (χ0) is 13.3. The van der Waals surface area contributed by atoms with Gasteiger partial charge in [-0.3, -0.25) is 4.79 Å². The van der Waals surface area contributed by atoms with Gasteiger partial charge in [-0.1, -0.05) is 6.07 Å². The van der Waals surface area contributed by atoms with Gasteiger partial charge < -0.3 is 16.2 Å². The fraction of sp³-hybridized carbons (Fsp3) is 0.500. The largest absolute Gasteiger partial charge is 0.398 e. The van der Waals surface area contributed by atoms with E-state index in [1.807, 2.05) is 19.9 Å². The van der Waals surface area contributed by atoms with E-state index < -0.39 is 6.10 Å². The molecule has 1 aromatic carbocycles. The molecule has 1 aliphatic rings. The number of rotatable bonds is 4. The lowest BCUT2D eigenvalue weighted by atomic mass is 10.0. The number of carbonyl (C=O) groups excluding carboxylic acids is 1. The first-order valence-corrected chi connectivity index (χ1v) is 6.32. The Bertz CT molecular complexity index is 467. The number of anilines is 1. The summed E-state index contributed by atoms with van der Waals surface area (Å²) in [5.41, 5.74) is 8.89. The van der Waals surface area contributed by atoms with E-state index in [0.29, 0.717) is 23.7 Å². The molecule has 0 aromatic heterocycles. The summed E-state index contributed by atoms with van der Waals surface area (Å²) in [5.74, 6) is 0.202. The SMILES string of the molecule is Cc1cc(C)c(C(=O)NCC(O)C2CC2)cc1N. The van der Waals surface area contributed by atoms with Gasteiger partial charge in [-0.2, -0.15) is 0 Å². The molecule has 18 heavy (non-hydrogen) atoms. The van der Waals surface area contributed by atoms with E-state index in [0.717, 1.165) is 24.0 Å². The van der Waals surface area contributed by atoms with Gasteiger partial charge in [-0.05, 0) is 49.8 Å². The van der Waals surface area contributed by atoms with Crippen LogP contribution < -0.4 is 11.1 Å². The molecule has 1 amide bonds. The van der Waals surface area contributed by atoms with Crippen molar-refractivity contribution in [3.8, 4) is 0 Å². The summed E-state index contributed by atoms with van der Waals surface area (Å²) in [7, 11) is 0. The number of hydrogen-bond acceptors (Lipinski definition) is 3. The minimum Gasteiger partial charge on any atom is -0.398 e. The topological polar surface area (TPSA) is 75.3 Å². The van der Waals surface area contributed by atoms with Crippen molar-refractivity contribution < 1.29 is 9.90 Å². The lowest BCUT2D eigenvalue weighted by Crippen LogP contribution is -2.33. The van der Waals surface area contributed by atoms with Crippen molar-refractivity contribution in [2.24, 2.45) is 5.92 Å². The number of hydrogen-bond donors (Lipinski definition) is 3. The Balaban J connectivity index is 2.01. The number of aliphatic hydroxyl groups is 1. The number of amides is 1. The van der Waals surface area contributed by atoms with Gasteiger partial charge in [0.2, 0.25) is 0 Å². The molecule has 1 aromatic rings. The van der Waals surface area contributed by atoms with Gasteiger partial charge in [0, 0.05) is 17.8 Å². The van der Waals surface area contributed by atoms with E-state index in [1.54, 1.807) is 6.07 Å². The highest BCUT2D eigenvalue weighted by atomic mass is 16.3. The number of benzene rings is 1. The van der Waals surface area contributed by atoms with Gasteiger partial charge in [-0.25, -0.2) is 0 Å². The highest BCUT2D eigenvalue weighted by Crippen LogP contribution is 2.32. The summed E-state index contributed by atoms with van der Waals surface area (Å²) in [6.07, 6.45) is 1.71. The lowest BCUT2D eigenvalue weighted by Gasteiger charge is -2.13. The summed E-state index contributed by atoms with van der Waals surface area (Å²) in [6.45, 7) is 4.12. The minimum absolute atomic E-state index is 0.168. The molecule has 0 saturated heterocycles. The molecule has 0 bridgehead atoms. The van der Waals surface area contributed by atoms with E-state index in [4.69, 9.17) is 5.73 Å². The van der Waals surface area contributed by atoms with Gasteiger partial charge in [-0.15, -0.1) is 0 Å². The molecule has 1 atom stereocenters. The Labute approximate surface area is 107 Å². The van der Waals surface area contributed by atoms with Gasteiger partial charge in [0.15, 0.2) is 0 Å². The van der Waals surface area contributed by atoms with Crippen LogP contribution >= 0.6 is 0 Å². The molecular formula is C14H20N2O2. The second-order valence-electron chi connectivity index (χ2n) is 5.14. The van der Waals surface area contributed by atoms with Crippen LogP contribution in [0.5, 0.6) is 0 Å². The maximum Gasteiger partial charge on any atom is 0.251 e. The smallest absolute Gasteiger partial charge is 0.251 e. The number of nitrogens with two attached hydrogens (primary N) is 1. The fourth-order valence-electron chi connectivity index (χ4n) is 2.05. The predicted molar refractivity (Wildman–Crippen MR) is 71.4 cm³/mol. The summed E-state index contributed by atoms with van der Waals surface area (Å²) in [4.78, 5) is 12.0. The standard InChI is InChI=1S/C14H20N2O2/c1-8-5-9(2)12(15)6-11(8)14(18)16-7-13(17)10-3-4-10/h5-6,10,13,17H,3-4,7,15H2,1-2H3,(H,16,18). The molecule has 0 radical (unpaired) electrons. The molecule has 4 N–H and O–H groups in total. The van der Waals surface area contributed by atoms with E-state index in [9.17, 15) is 9.90 Å². The Morgan fingerprint density at radius 2 is 2.11 bits per heavy atom. The molecule has 1 unspecified atom stereocenters.